The van der Waals surface area contributed by atoms with Gasteiger partial charge in [0, 0.05) is 17.0 Å². The van der Waals surface area contributed by atoms with Crippen molar-refractivity contribution in [2.45, 2.75) is 13.8 Å². The maximum absolute atomic E-state index is 10.8. The van der Waals surface area contributed by atoms with Crippen LogP contribution in [0.4, 0.5) is 0 Å². The molecule has 6 heteroatoms. The van der Waals surface area contributed by atoms with Crippen molar-refractivity contribution in [2.75, 3.05) is 6.61 Å². The summed E-state index contributed by atoms with van der Waals surface area (Å²) >= 11 is 3.28. The standard InChI is InChI=1S/C15H13NO3S2/c1-8(15(17)18)3-5-19-11-7-12-13(16-9(2)21-12)14-10(11)4-6-20-14/h3-4,6-7H,5H2,1-2H3,(H,17,18). The van der Waals surface area contributed by atoms with E-state index in [0.717, 1.165) is 31.1 Å². The third-order valence-corrected chi connectivity index (χ3v) is 4.97. The smallest absolute Gasteiger partial charge is 0.331 e. The summed E-state index contributed by atoms with van der Waals surface area (Å²) < 4.78 is 7.97. The van der Waals surface area contributed by atoms with Crippen LogP contribution in [-0.4, -0.2) is 22.7 Å². The van der Waals surface area contributed by atoms with Gasteiger partial charge >= 0.3 is 5.97 Å². The van der Waals surface area contributed by atoms with Crippen molar-refractivity contribution in [2.24, 2.45) is 0 Å². The molecular weight excluding hydrogens is 306 g/mol. The molecular formula is C15H13NO3S2. The molecule has 1 N–H and O–H groups in total. The molecule has 3 rings (SSSR count). The first-order valence-electron chi connectivity index (χ1n) is 6.36. The largest absolute Gasteiger partial charge is 0.489 e. The van der Waals surface area contributed by atoms with Gasteiger partial charge in [-0.3, -0.25) is 0 Å². The summed E-state index contributed by atoms with van der Waals surface area (Å²) in [4.78, 5) is 15.3. The molecule has 4 nitrogen and oxygen atoms in total. The minimum Gasteiger partial charge on any atom is -0.489 e. The second-order valence-electron chi connectivity index (χ2n) is 4.62. The molecule has 0 amide bonds. The number of aryl methyl sites for hydroxylation is 1. The Morgan fingerprint density at radius 3 is 3.10 bits per heavy atom. The zero-order valence-electron chi connectivity index (χ0n) is 11.5. The van der Waals surface area contributed by atoms with Gasteiger partial charge in [0.2, 0.25) is 0 Å². The lowest BCUT2D eigenvalue weighted by atomic mass is 10.2. The number of benzene rings is 1. The Hall–Kier alpha value is -1.92. The fraction of sp³-hybridized carbons (Fsp3) is 0.200. The van der Waals surface area contributed by atoms with Crippen LogP contribution >= 0.6 is 22.7 Å². The van der Waals surface area contributed by atoms with Gasteiger partial charge in [0.05, 0.1) is 19.9 Å². The molecule has 0 saturated carbocycles. The van der Waals surface area contributed by atoms with Crippen molar-refractivity contribution >= 4 is 48.9 Å². The number of hydrogen-bond donors (Lipinski definition) is 1. The number of nitrogens with zero attached hydrogens (tertiary/aromatic N) is 1. The highest BCUT2D eigenvalue weighted by Gasteiger charge is 2.12. The molecule has 3 aromatic rings. The second kappa shape index (κ2) is 5.46. The summed E-state index contributed by atoms with van der Waals surface area (Å²) in [5, 5.41) is 12.9. The molecule has 0 saturated heterocycles. The average Bonchev–Trinajstić information content (AvgIpc) is 3.03. The SMILES string of the molecule is CC(=CCOc1cc2sc(C)nc2c2sccc12)C(=O)O. The summed E-state index contributed by atoms with van der Waals surface area (Å²) in [5.74, 6) is -0.148. The van der Waals surface area contributed by atoms with Gasteiger partial charge in [0.15, 0.2) is 0 Å². The zero-order chi connectivity index (χ0) is 15.0. The van der Waals surface area contributed by atoms with Crippen LogP contribution in [0.5, 0.6) is 5.75 Å². The fourth-order valence-electron chi connectivity index (χ4n) is 2.05. The van der Waals surface area contributed by atoms with Crippen molar-refractivity contribution in [1.29, 1.82) is 0 Å². The molecule has 0 atom stereocenters. The summed E-state index contributed by atoms with van der Waals surface area (Å²) in [7, 11) is 0. The lowest BCUT2D eigenvalue weighted by Gasteiger charge is -2.06. The van der Waals surface area contributed by atoms with Gasteiger partial charge in [-0.1, -0.05) is 0 Å². The van der Waals surface area contributed by atoms with Crippen LogP contribution in [0.15, 0.2) is 29.2 Å². The van der Waals surface area contributed by atoms with E-state index in [1.165, 1.54) is 0 Å². The van der Waals surface area contributed by atoms with Crippen molar-refractivity contribution in [3.05, 3.63) is 34.2 Å². The number of hydrogen-bond acceptors (Lipinski definition) is 5. The topological polar surface area (TPSA) is 59.4 Å². The number of carbonyl (C=O) groups is 1. The molecule has 108 valence electrons. The zero-order valence-corrected chi connectivity index (χ0v) is 13.2. The Bertz CT molecular complexity index is 860. The van der Waals surface area contributed by atoms with Crippen molar-refractivity contribution in [3.8, 4) is 5.75 Å². The Balaban J connectivity index is 1.99. The summed E-state index contributed by atoms with van der Waals surface area (Å²) in [5.41, 5.74) is 1.30. The number of aliphatic carboxylic acids is 1. The first-order chi connectivity index (χ1) is 10.1. The highest BCUT2D eigenvalue weighted by atomic mass is 32.1. The molecule has 1 aromatic carbocycles. The van der Waals surface area contributed by atoms with E-state index >= 15 is 0 Å². The van der Waals surface area contributed by atoms with Crippen LogP contribution in [0.2, 0.25) is 0 Å². The molecule has 21 heavy (non-hydrogen) atoms. The molecule has 0 spiro atoms. The van der Waals surface area contributed by atoms with Crippen molar-refractivity contribution in [1.82, 2.24) is 4.98 Å². The fourth-order valence-corrected chi connectivity index (χ4v) is 3.88. The highest BCUT2D eigenvalue weighted by Crippen LogP contribution is 2.38. The average molecular weight is 319 g/mol. The minimum atomic E-state index is -0.923. The van der Waals surface area contributed by atoms with E-state index in [1.807, 2.05) is 24.4 Å². The van der Waals surface area contributed by atoms with E-state index < -0.39 is 5.97 Å². The number of thiazole rings is 1. The third kappa shape index (κ3) is 2.64. The molecule has 0 radical (unpaired) electrons. The maximum Gasteiger partial charge on any atom is 0.331 e. The molecule has 2 heterocycles. The minimum absolute atomic E-state index is 0.242. The molecule has 0 aliphatic carbocycles. The van der Waals surface area contributed by atoms with Gasteiger partial charge in [-0.25, -0.2) is 9.78 Å². The lowest BCUT2D eigenvalue weighted by molar-refractivity contribution is -0.132. The van der Waals surface area contributed by atoms with Crippen LogP contribution in [0.1, 0.15) is 11.9 Å². The van der Waals surface area contributed by atoms with E-state index in [9.17, 15) is 4.79 Å². The van der Waals surface area contributed by atoms with E-state index in [-0.39, 0.29) is 12.2 Å². The van der Waals surface area contributed by atoms with Gasteiger partial charge in [-0.2, -0.15) is 0 Å². The number of thiophene rings is 1. The highest BCUT2D eigenvalue weighted by molar-refractivity contribution is 7.21. The lowest BCUT2D eigenvalue weighted by Crippen LogP contribution is -2.00. The molecule has 0 bridgehead atoms. The van der Waals surface area contributed by atoms with Gasteiger partial charge in [-0.15, -0.1) is 22.7 Å². The van der Waals surface area contributed by atoms with Crippen molar-refractivity contribution in [3.63, 3.8) is 0 Å². The van der Waals surface area contributed by atoms with E-state index in [2.05, 4.69) is 4.98 Å². The molecule has 0 aliphatic heterocycles. The van der Waals surface area contributed by atoms with Crippen LogP contribution in [0.3, 0.4) is 0 Å². The maximum atomic E-state index is 10.8. The number of carboxylic acid groups (broad SMARTS) is 1. The number of aromatic nitrogens is 1. The summed E-state index contributed by atoms with van der Waals surface area (Å²) in [6.07, 6.45) is 1.57. The Morgan fingerprint density at radius 2 is 2.33 bits per heavy atom. The number of ether oxygens (including phenoxy) is 1. The van der Waals surface area contributed by atoms with E-state index in [1.54, 1.807) is 35.7 Å². The Labute approximate surface area is 129 Å². The molecule has 2 aromatic heterocycles. The van der Waals surface area contributed by atoms with Crippen LogP contribution in [-0.2, 0) is 4.79 Å². The summed E-state index contributed by atoms with van der Waals surface area (Å²) in [6, 6.07) is 4.00. The van der Waals surface area contributed by atoms with Crippen molar-refractivity contribution < 1.29 is 14.6 Å². The molecule has 0 aliphatic rings. The number of fused-ring (bicyclic) bond motifs is 3. The predicted octanol–water partition coefficient (Wildman–Crippen LogP) is 4.23. The van der Waals surface area contributed by atoms with Gasteiger partial charge < -0.3 is 9.84 Å². The van der Waals surface area contributed by atoms with E-state index in [0.29, 0.717) is 0 Å². The normalized spacial score (nSPS) is 12.2. The molecule has 0 fully saturated rings. The van der Waals surface area contributed by atoms with Gasteiger partial charge in [0.1, 0.15) is 12.4 Å². The predicted molar refractivity (Wildman–Crippen MR) is 86.6 cm³/mol. The van der Waals surface area contributed by atoms with E-state index in [4.69, 9.17) is 9.84 Å². The Kier molecular flexibility index (Phi) is 3.65. The monoisotopic (exact) mass is 319 g/mol. The quantitative estimate of drug-likeness (QED) is 0.731. The first-order valence-corrected chi connectivity index (χ1v) is 8.06. The van der Waals surface area contributed by atoms with Gasteiger partial charge in [0.25, 0.3) is 0 Å². The first kappa shape index (κ1) is 14.0. The van der Waals surface area contributed by atoms with Crippen LogP contribution in [0, 0.1) is 6.92 Å². The number of rotatable bonds is 4. The second-order valence-corrected chi connectivity index (χ2v) is 6.77. The third-order valence-electron chi connectivity index (χ3n) is 3.13. The van der Waals surface area contributed by atoms with Gasteiger partial charge in [-0.05, 0) is 31.4 Å². The molecule has 0 unspecified atom stereocenters. The van der Waals surface area contributed by atoms with Crippen LogP contribution < -0.4 is 4.74 Å². The summed E-state index contributed by atoms with van der Waals surface area (Å²) in [6.45, 7) is 3.79. The number of carboxylic acids is 1. The Morgan fingerprint density at radius 1 is 1.52 bits per heavy atom. The van der Waals surface area contributed by atoms with Crippen LogP contribution in [0.25, 0.3) is 20.3 Å².